The molecular weight excluding hydrogens is 446 g/mol. The monoisotopic (exact) mass is 475 g/mol. The number of fused-ring (bicyclic) bond motifs is 1. The van der Waals surface area contributed by atoms with E-state index in [0.717, 1.165) is 42.5 Å². The highest BCUT2D eigenvalue weighted by Crippen LogP contribution is 2.48. The van der Waals surface area contributed by atoms with Gasteiger partial charge in [0.05, 0.1) is 24.5 Å². The van der Waals surface area contributed by atoms with E-state index < -0.39 is 6.03 Å². The van der Waals surface area contributed by atoms with E-state index in [1.165, 1.54) is 4.88 Å². The van der Waals surface area contributed by atoms with Crippen LogP contribution < -0.4 is 16.0 Å². The summed E-state index contributed by atoms with van der Waals surface area (Å²) in [5, 5.41) is 5.00. The molecule has 0 atom stereocenters. The van der Waals surface area contributed by atoms with Crippen molar-refractivity contribution in [1.29, 1.82) is 0 Å². The number of nitrogens with zero attached hydrogens (tertiary/aromatic N) is 3. The van der Waals surface area contributed by atoms with Gasteiger partial charge in [0.15, 0.2) is 5.82 Å². The molecule has 7 nitrogen and oxygen atoms in total. The van der Waals surface area contributed by atoms with Crippen LogP contribution in [0, 0.1) is 5.41 Å². The Labute approximate surface area is 203 Å². The minimum Gasteiger partial charge on any atom is -0.351 e. The average Bonchev–Trinajstić information content (AvgIpc) is 3.49. The maximum Gasteiger partial charge on any atom is 0.319 e. The van der Waals surface area contributed by atoms with Crippen LogP contribution in [0.1, 0.15) is 50.0 Å². The molecule has 0 unspecified atom stereocenters. The number of nitrogens with one attached hydrogen (secondary N) is 1. The number of anilines is 2. The summed E-state index contributed by atoms with van der Waals surface area (Å²) < 4.78 is 0. The number of amides is 3. The topological polar surface area (TPSA) is 101 Å². The van der Waals surface area contributed by atoms with Gasteiger partial charge in [0.2, 0.25) is 5.91 Å². The van der Waals surface area contributed by atoms with Crippen molar-refractivity contribution in [2.45, 2.75) is 51.4 Å². The molecule has 1 saturated carbocycles. The third-order valence-electron chi connectivity index (χ3n) is 7.46. The van der Waals surface area contributed by atoms with Crippen LogP contribution >= 0.6 is 11.3 Å². The normalized spacial score (nSPS) is 23.9. The fraction of sp³-hybridized carbons (Fsp3) is 0.385. The van der Waals surface area contributed by atoms with Crippen LogP contribution in [0.2, 0.25) is 0 Å². The lowest BCUT2D eigenvalue weighted by Gasteiger charge is -2.44. The van der Waals surface area contributed by atoms with Gasteiger partial charge < -0.3 is 11.1 Å². The molecule has 176 valence electrons. The maximum absolute atomic E-state index is 12.4. The predicted molar refractivity (Wildman–Crippen MR) is 135 cm³/mol. The molecule has 1 aliphatic carbocycles. The van der Waals surface area contributed by atoms with Crippen molar-refractivity contribution in [3.63, 3.8) is 0 Å². The number of carbonyl (C=O) groups excluding carboxylic acids is 2. The second-order valence-corrected chi connectivity index (χ2v) is 11.0. The van der Waals surface area contributed by atoms with Gasteiger partial charge in [-0.1, -0.05) is 32.0 Å². The summed E-state index contributed by atoms with van der Waals surface area (Å²) >= 11 is 1.83. The predicted octanol–water partition coefficient (Wildman–Crippen LogP) is 5.12. The van der Waals surface area contributed by atoms with E-state index in [2.05, 4.69) is 46.6 Å². The molecule has 5 rings (SSSR count). The lowest BCUT2D eigenvalue weighted by Crippen LogP contribution is -2.46. The van der Waals surface area contributed by atoms with E-state index in [4.69, 9.17) is 5.73 Å². The van der Waals surface area contributed by atoms with Gasteiger partial charge in [0, 0.05) is 28.1 Å². The van der Waals surface area contributed by atoms with Crippen molar-refractivity contribution in [2.24, 2.45) is 11.1 Å². The molecule has 3 amide bonds. The first-order chi connectivity index (χ1) is 16.3. The molecule has 2 aliphatic rings. The maximum atomic E-state index is 12.4. The average molecular weight is 476 g/mol. The SMILES string of the molecule is CC1(CN(C(N)=O)c2cnc(-c3cccc4c3CC(=O)N4)nc2)CCC(C)(c2cccs2)CC1. The Morgan fingerprint density at radius 3 is 2.50 bits per heavy atom. The minimum atomic E-state index is -0.500. The Hall–Kier alpha value is -3.26. The Bertz CT molecular complexity index is 1210. The molecule has 3 heterocycles. The molecule has 1 fully saturated rings. The van der Waals surface area contributed by atoms with Gasteiger partial charge in [-0.05, 0) is 54.2 Å². The van der Waals surface area contributed by atoms with Gasteiger partial charge in [0.25, 0.3) is 0 Å². The van der Waals surface area contributed by atoms with Gasteiger partial charge in [-0.3, -0.25) is 9.69 Å². The zero-order valence-electron chi connectivity index (χ0n) is 19.5. The molecule has 0 saturated heterocycles. The van der Waals surface area contributed by atoms with Crippen molar-refractivity contribution in [3.8, 4) is 11.4 Å². The van der Waals surface area contributed by atoms with Crippen LogP contribution in [0.15, 0.2) is 48.1 Å². The summed E-state index contributed by atoms with van der Waals surface area (Å²) in [6.07, 6.45) is 7.81. The lowest BCUT2D eigenvalue weighted by atomic mass is 9.64. The number of thiophene rings is 1. The minimum absolute atomic E-state index is 0.0310. The largest absolute Gasteiger partial charge is 0.351 e. The number of carbonyl (C=O) groups is 2. The summed E-state index contributed by atoms with van der Waals surface area (Å²) in [6.45, 7) is 5.12. The highest BCUT2D eigenvalue weighted by Gasteiger charge is 2.40. The van der Waals surface area contributed by atoms with Crippen molar-refractivity contribution in [1.82, 2.24) is 9.97 Å². The highest BCUT2D eigenvalue weighted by molar-refractivity contribution is 7.10. The quantitative estimate of drug-likeness (QED) is 0.534. The van der Waals surface area contributed by atoms with Crippen LogP contribution in [0.5, 0.6) is 0 Å². The summed E-state index contributed by atoms with van der Waals surface area (Å²) in [6, 6.07) is 9.51. The van der Waals surface area contributed by atoms with E-state index in [1.807, 2.05) is 29.5 Å². The Morgan fingerprint density at radius 2 is 1.85 bits per heavy atom. The van der Waals surface area contributed by atoms with E-state index in [1.54, 1.807) is 17.3 Å². The molecule has 3 N–H and O–H groups in total. The fourth-order valence-corrected chi connectivity index (χ4v) is 6.12. The van der Waals surface area contributed by atoms with Crippen LogP contribution in [-0.4, -0.2) is 28.5 Å². The first-order valence-electron chi connectivity index (χ1n) is 11.6. The number of benzene rings is 1. The summed E-state index contributed by atoms with van der Waals surface area (Å²) in [5.74, 6) is 0.493. The third kappa shape index (κ3) is 4.18. The smallest absolute Gasteiger partial charge is 0.319 e. The van der Waals surface area contributed by atoms with Crippen molar-refractivity contribution >= 4 is 34.6 Å². The number of urea groups is 1. The van der Waals surface area contributed by atoms with E-state index in [0.29, 0.717) is 24.5 Å². The van der Waals surface area contributed by atoms with Crippen LogP contribution in [-0.2, 0) is 16.6 Å². The van der Waals surface area contributed by atoms with Gasteiger partial charge >= 0.3 is 6.03 Å². The van der Waals surface area contributed by atoms with Gasteiger partial charge in [0.1, 0.15) is 0 Å². The summed E-state index contributed by atoms with van der Waals surface area (Å²) in [4.78, 5) is 36.3. The molecule has 8 heteroatoms. The number of rotatable bonds is 5. The zero-order valence-corrected chi connectivity index (χ0v) is 20.3. The number of hydrogen-bond acceptors (Lipinski definition) is 5. The first kappa shape index (κ1) is 22.5. The standard InChI is InChI=1S/C26H29N5O2S/c1-25(8-10-26(2,11-9-25)21-7-4-12-34-21)16-31(24(27)33)17-14-28-23(29-15-17)18-5-3-6-20-19(18)13-22(32)30-20/h3-7,12,14-15H,8-11,13,16H2,1-2H3,(H2,27,33)(H,30,32). The summed E-state index contributed by atoms with van der Waals surface area (Å²) in [5.41, 5.74) is 9.07. The second kappa shape index (κ2) is 8.51. The van der Waals surface area contributed by atoms with Crippen LogP contribution in [0.4, 0.5) is 16.2 Å². The van der Waals surface area contributed by atoms with E-state index >= 15 is 0 Å². The molecule has 0 spiro atoms. The zero-order chi connectivity index (χ0) is 23.9. The Morgan fingerprint density at radius 1 is 1.12 bits per heavy atom. The van der Waals surface area contributed by atoms with Crippen molar-refractivity contribution < 1.29 is 9.59 Å². The van der Waals surface area contributed by atoms with Crippen LogP contribution in [0.3, 0.4) is 0 Å². The van der Waals surface area contributed by atoms with E-state index in [-0.39, 0.29) is 16.7 Å². The van der Waals surface area contributed by atoms with Gasteiger partial charge in [-0.15, -0.1) is 11.3 Å². The fourth-order valence-electron chi connectivity index (χ4n) is 5.17. The molecule has 2 aromatic heterocycles. The van der Waals surface area contributed by atoms with Crippen LogP contribution in [0.25, 0.3) is 11.4 Å². The molecule has 0 bridgehead atoms. The molecule has 1 aliphatic heterocycles. The molecule has 1 aromatic carbocycles. The third-order valence-corrected chi connectivity index (χ3v) is 8.64. The van der Waals surface area contributed by atoms with Crippen molar-refractivity contribution in [2.75, 3.05) is 16.8 Å². The highest BCUT2D eigenvalue weighted by atomic mass is 32.1. The number of aromatic nitrogens is 2. The van der Waals surface area contributed by atoms with E-state index in [9.17, 15) is 9.59 Å². The van der Waals surface area contributed by atoms with Gasteiger partial charge in [-0.25, -0.2) is 14.8 Å². The number of nitrogens with two attached hydrogens (primary N) is 1. The van der Waals surface area contributed by atoms with Crippen molar-refractivity contribution in [3.05, 3.63) is 58.5 Å². The number of primary amides is 1. The lowest BCUT2D eigenvalue weighted by molar-refractivity contribution is -0.115. The van der Waals surface area contributed by atoms with Gasteiger partial charge in [-0.2, -0.15) is 0 Å². The Balaban J connectivity index is 1.33. The molecular formula is C26H29N5O2S. The Kier molecular flexibility index (Phi) is 5.64. The summed E-state index contributed by atoms with van der Waals surface area (Å²) in [7, 11) is 0. The molecule has 34 heavy (non-hydrogen) atoms. The number of hydrogen-bond donors (Lipinski definition) is 2. The molecule has 3 aromatic rings. The second-order valence-electron chi connectivity index (χ2n) is 10.1. The first-order valence-corrected chi connectivity index (χ1v) is 12.5. The molecule has 0 radical (unpaired) electrons.